The first-order valence-corrected chi connectivity index (χ1v) is 4.54. The van der Waals surface area contributed by atoms with Crippen LogP contribution in [0.15, 0.2) is 59.3 Å². The lowest BCUT2D eigenvalue weighted by Gasteiger charge is -1.71. The molecule has 0 aliphatic carbocycles. The third-order valence-electron chi connectivity index (χ3n) is 0.875. The molecule has 0 aromatic carbocycles. The lowest BCUT2D eigenvalue weighted by atomic mass is 10.4. The molecule has 0 aliphatic heterocycles. The van der Waals surface area contributed by atoms with Crippen LogP contribution in [0.25, 0.3) is 0 Å². The first-order chi connectivity index (χ1) is 5.41. The second kappa shape index (κ2) is 9.43. The smallest absolute Gasteiger partial charge is 0.0234 e. The molecule has 0 aromatic heterocycles. The SMILES string of the molecule is C=C/C=C/C=C/C=C/C=C/I. The minimum Gasteiger partial charge on any atom is -0.0991 e. The van der Waals surface area contributed by atoms with Crippen LogP contribution in [-0.2, 0) is 0 Å². The zero-order valence-electron chi connectivity index (χ0n) is 6.28. The highest BCUT2D eigenvalue weighted by molar-refractivity contribution is 14.1. The Morgan fingerprint density at radius 3 is 1.64 bits per heavy atom. The van der Waals surface area contributed by atoms with E-state index >= 15 is 0 Å². The van der Waals surface area contributed by atoms with E-state index in [0.29, 0.717) is 0 Å². The maximum Gasteiger partial charge on any atom is -0.0234 e. The largest absolute Gasteiger partial charge is 0.0991 e. The summed E-state index contributed by atoms with van der Waals surface area (Å²) in [4.78, 5) is 0. The topological polar surface area (TPSA) is 0 Å². The van der Waals surface area contributed by atoms with Crippen molar-refractivity contribution < 1.29 is 0 Å². The minimum absolute atomic E-state index is 1.75. The van der Waals surface area contributed by atoms with Crippen molar-refractivity contribution in [1.29, 1.82) is 0 Å². The van der Waals surface area contributed by atoms with Crippen molar-refractivity contribution in [2.75, 3.05) is 0 Å². The first-order valence-electron chi connectivity index (χ1n) is 3.29. The Morgan fingerprint density at radius 1 is 0.727 bits per heavy atom. The van der Waals surface area contributed by atoms with Gasteiger partial charge in [0.05, 0.1) is 0 Å². The highest BCUT2D eigenvalue weighted by Crippen LogP contribution is 1.86. The quantitative estimate of drug-likeness (QED) is 0.531. The summed E-state index contributed by atoms with van der Waals surface area (Å²) < 4.78 is 1.96. The summed E-state index contributed by atoms with van der Waals surface area (Å²) in [6.07, 6.45) is 15.4. The van der Waals surface area contributed by atoms with Gasteiger partial charge in [-0.15, -0.1) is 0 Å². The van der Waals surface area contributed by atoms with E-state index in [-0.39, 0.29) is 0 Å². The van der Waals surface area contributed by atoms with Crippen LogP contribution in [0.3, 0.4) is 0 Å². The molecule has 0 spiro atoms. The van der Waals surface area contributed by atoms with Gasteiger partial charge in [-0.25, -0.2) is 0 Å². The van der Waals surface area contributed by atoms with Gasteiger partial charge in [0.25, 0.3) is 0 Å². The summed E-state index contributed by atoms with van der Waals surface area (Å²) in [5.41, 5.74) is 0. The monoisotopic (exact) mass is 258 g/mol. The van der Waals surface area contributed by atoms with Crippen molar-refractivity contribution in [3.63, 3.8) is 0 Å². The molecule has 0 heterocycles. The van der Waals surface area contributed by atoms with Gasteiger partial charge in [0.15, 0.2) is 0 Å². The van der Waals surface area contributed by atoms with Crippen LogP contribution < -0.4 is 0 Å². The molecule has 0 aliphatic rings. The number of halogens is 1. The molecule has 0 fully saturated rings. The zero-order valence-corrected chi connectivity index (χ0v) is 8.44. The fourth-order valence-corrected chi connectivity index (χ4v) is 0.681. The first kappa shape index (κ1) is 10.4. The van der Waals surface area contributed by atoms with Crippen LogP contribution >= 0.6 is 22.6 Å². The zero-order chi connectivity index (χ0) is 8.36. The lowest BCUT2D eigenvalue weighted by molar-refractivity contribution is 1.88. The summed E-state index contributed by atoms with van der Waals surface area (Å²) in [6.45, 7) is 3.56. The number of allylic oxidation sites excluding steroid dienone is 8. The number of hydrogen-bond donors (Lipinski definition) is 0. The third kappa shape index (κ3) is 9.43. The minimum atomic E-state index is 1.75. The highest BCUT2D eigenvalue weighted by atomic mass is 127. The number of rotatable bonds is 4. The summed E-state index contributed by atoms with van der Waals surface area (Å²) in [6, 6.07) is 0. The van der Waals surface area contributed by atoms with Crippen LogP contribution in [0.5, 0.6) is 0 Å². The van der Waals surface area contributed by atoms with Crippen LogP contribution in [0, 0.1) is 0 Å². The average Bonchev–Trinajstić information content (AvgIpc) is 2.03. The molecule has 0 unspecified atom stereocenters. The van der Waals surface area contributed by atoms with Crippen molar-refractivity contribution in [1.82, 2.24) is 0 Å². The van der Waals surface area contributed by atoms with E-state index in [0.717, 1.165) is 0 Å². The molecular weight excluding hydrogens is 247 g/mol. The van der Waals surface area contributed by atoms with Gasteiger partial charge in [0.1, 0.15) is 0 Å². The van der Waals surface area contributed by atoms with Crippen molar-refractivity contribution in [3.8, 4) is 0 Å². The summed E-state index contributed by atoms with van der Waals surface area (Å²) in [5, 5.41) is 0. The molecule has 0 nitrogen and oxygen atoms in total. The normalized spacial score (nSPS) is 12.8. The van der Waals surface area contributed by atoms with E-state index in [2.05, 4.69) is 29.2 Å². The molecule has 0 aromatic rings. The van der Waals surface area contributed by atoms with Crippen LogP contribution in [-0.4, -0.2) is 0 Å². The number of hydrogen-bond acceptors (Lipinski definition) is 0. The Labute approximate surface area is 81.8 Å². The molecule has 0 atom stereocenters. The van der Waals surface area contributed by atoms with E-state index in [9.17, 15) is 0 Å². The van der Waals surface area contributed by atoms with Crippen molar-refractivity contribution in [3.05, 3.63) is 59.3 Å². The van der Waals surface area contributed by atoms with Gasteiger partial charge in [0, 0.05) is 0 Å². The van der Waals surface area contributed by atoms with Crippen molar-refractivity contribution >= 4 is 22.6 Å². The average molecular weight is 258 g/mol. The summed E-state index contributed by atoms with van der Waals surface area (Å²) in [5.74, 6) is 0. The van der Waals surface area contributed by atoms with Crippen LogP contribution in [0.2, 0.25) is 0 Å². The van der Waals surface area contributed by atoms with E-state index in [1.807, 2.05) is 46.6 Å². The molecule has 0 rings (SSSR count). The Hall–Kier alpha value is -0.570. The molecule has 0 bridgehead atoms. The Morgan fingerprint density at radius 2 is 1.18 bits per heavy atom. The van der Waals surface area contributed by atoms with Gasteiger partial charge in [-0.3, -0.25) is 0 Å². The fourth-order valence-electron chi connectivity index (χ4n) is 0.441. The second-order valence-electron chi connectivity index (χ2n) is 1.71. The van der Waals surface area contributed by atoms with Crippen LogP contribution in [0.4, 0.5) is 0 Å². The maximum atomic E-state index is 3.56. The second-order valence-corrected chi connectivity index (χ2v) is 2.43. The predicted molar refractivity (Wildman–Crippen MR) is 60.8 cm³/mol. The molecule has 0 saturated heterocycles. The molecule has 1 heteroatoms. The van der Waals surface area contributed by atoms with Gasteiger partial charge < -0.3 is 0 Å². The summed E-state index contributed by atoms with van der Waals surface area (Å²) in [7, 11) is 0. The fraction of sp³-hybridized carbons (Fsp3) is 0. The van der Waals surface area contributed by atoms with E-state index in [4.69, 9.17) is 0 Å². The van der Waals surface area contributed by atoms with E-state index in [1.165, 1.54) is 0 Å². The maximum absolute atomic E-state index is 3.56. The Bertz CT molecular complexity index is 195. The van der Waals surface area contributed by atoms with Crippen molar-refractivity contribution in [2.24, 2.45) is 0 Å². The van der Waals surface area contributed by atoms with Gasteiger partial charge in [-0.05, 0) is 4.08 Å². The molecule has 0 N–H and O–H groups in total. The molecule has 11 heavy (non-hydrogen) atoms. The Kier molecular flexibility index (Phi) is 8.94. The van der Waals surface area contributed by atoms with Gasteiger partial charge in [-0.2, -0.15) is 0 Å². The van der Waals surface area contributed by atoms with Crippen molar-refractivity contribution in [2.45, 2.75) is 0 Å². The standard InChI is InChI=1S/C10H11I/c1-2-3-4-5-6-7-8-9-10-11/h2-10H,1H2/b4-3+,6-5+,8-7+,10-9+. The van der Waals surface area contributed by atoms with Crippen LogP contribution in [0.1, 0.15) is 0 Å². The summed E-state index contributed by atoms with van der Waals surface area (Å²) >= 11 is 2.18. The molecule has 0 amide bonds. The lowest BCUT2D eigenvalue weighted by Crippen LogP contribution is -1.49. The highest BCUT2D eigenvalue weighted by Gasteiger charge is 1.60. The van der Waals surface area contributed by atoms with Gasteiger partial charge >= 0.3 is 0 Å². The van der Waals surface area contributed by atoms with Gasteiger partial charge in [-0.1, -0.05) is 77.8 Å². The Balaban J connectivity index is 3.59. The predicted octanol–water partition coefficient (Wildman–Crippen LogP) is 3.79. The van der Waals surface area contributed by atoms with Gasteiger partial charge in [0.2, 0.25) is 0 Å². The molecule has 58 valence electrons. The van der Waals surface area contributed by atoms with E-state index in [1.54, 1.807) is 6.08 Å². The molecule has 0 radical (unpaired) electrons. The third-order valence-corrected chi connectivity index (χ3v) is 1.29. The van der Waals surface area contributed by atoms with E-state index < -0.39 is 0 Å². The molecule has 0 saturated carbocycles. The molecular formula is C10H11I.